The molecule has 0 bridgehead atoms. The van der Waals surface area contributed by atoms with E-state index in [1.54, 1.807) is 0 Å². The molecular weight excluding hydrogens is 251 g/mol. The molecule has 0 aliphatic heterocycles. The average Bonchev–Trinajstić information content (AvgIpc) is 2.42. The molecule has 0 saturated carbocycles. The van der Waals surface area contributed by atoms with Crippen LogP contribution in [0.1, 0.15) is 15.9 Å². The molecular formula is C13H13FN2O3. The van der Waals surface area contributed by atoms with Gasteiger partial charge in [0.25, 0.3) is 5.91 Å². The molecule has 0 spiro atoms. The summed E-state index contributed by atoms with van der Waals surface area (Å²) in [5, 5.41) is 2.35. The third kappa shape index (κ3) is 4.41. The molecule has 0 radical (unpaired) electrons. The van der Waals surface area contributed by atoms with Crippen LogP contribution in [0.3, 0.4) is 0 Å². The minimum absolute atomic E-state index is 0.0970. The highest BCUT2D eigenvalue weighted by Gasteiger charge is 2.12. The Hall–Kier alpha value is -2.39. The van der Waals surface area contributed by atoms with E-state index in [0.717, 1.165) is 12.1 Å². The van der Waals surface area contributed by atoms with E-state index < -0.39 is 17.7 Å². The molecule has 1 amide bonds. The molecule has 0 aliphatic rings. The fourth-order valence-electron chi connectivity index (χ4n) is 1.28. The second-order valence-electron chi connectivity index (χ2n) is 3.45. The van der Waals surface area contributed by atoms with Gasteiger partial charge in [-0.25, -0.2) is 4.39 Å². The summed E-state index contributed by atoms with van der Waals surface area (Å²) in [5.41, 5.74) is 5.62. The minimum Gasteiger partial charge on any atom is -0.468 e. The first-order valence-corrected chi connectivity index (χ1v) is 5.42. The molecule has 0 aliphatic carbocycles. The van der Waals surface area contributed by atoms with Gasteiger partial charge in [-0.3, -0.25) is 9.59 Å². The Balaban J connectivity index is 2.92. The summed E-state index contributed by atoms with van der Waals surface area (Å²) in [7, 11) is 1.21. The number of carbonyl (C=O) groups is 2. The number of hydrogen-bond acceptors (Lipinski definition) is 4. The van der Waals surface area contributed by atoms with Gasteiger partial charge in [-0.15, -0.1) is 0 Å². The molecule has 6 heteroatoms. The van der Waals surface area contributed by atoms with Crippen LogP contribution in [-0.2, 0) is 9.53 Å². The maximum Gasteiger partial charge on any atom is 0.325 e. The third-order valence-electron chi connectivity index (χ3n) is 2.17. The number of carbonyl (C=O) groups excluding carboxylic acids is 2. The number of nitrogens with two attached hydrogens (primary N) is 1. The van der Waals surface area contributed by atoms with Crippen molar-refractivity contribution in [2.75, 3.05) is 20.2 Å². The minimum atomic E-state index is -0.579. The number of benzene rings is 1. The summed E-state index contributed by atoms with van der Waals surface area (Å²) in [6, 6.07) is 3.57. The van der Waals surface area contributed by atoms with Crippen molar-refractivity contribution in [1.82, 2.24) is 5.32 Å². The van der Waals surface area contributed by atoms with E-state index in [0.29, 0.717) is 0 Å². The molecule has 5 nitrogen and oxygen atoms in total. The van der Waals surface area contributed by atoms with E-state index in [2.05, 4.69) is 21.9 Å². The molecule has 0 fully saturated rings. The zero-order chi connectivity index (χ0) is 14.3. The second-order valence-corrected chi connectivity index (χ2v) is 3.45. The molecule has 19 heavy (non-hydrogen) atoms. The highest BCUT2D eigenvalue weighted by Crippen LogP contribution is 2.10. The molecule has 3 N–H and O–H groups in total. The van der Waals surface area contributed by atoms with Crippen LogP contribution in [0.15, 0.2) is 18.2 Å². The van der Waals surface area contributed by atoms with Crippen molar-refractivity contribution >= 4 is 11.9 Å². The molecule has 0 heterocycles. The summed E-state index contributed by atoms with van der Waals surface area (Å²) < 4.78 is 17.5. The monoisotopic (exact) mass is 264 g/mol. The van der Waals surface area contributed by atoms with Crippen LogP contribution in [0, 0.1) is 17.7 Å². The van der Waals surface area contributed by atoms with Crippen molar-refractivity contribution in [3.8, 4) is 11.8 Å². The van der Waals surface area contributed by atoms with Gasteiger partial charge < -0.3 is 15.8 Å². The Kier molecular flexibility index (Phi) is 5.51. The van der Waals surface area contributed by atoms with Crippen molar-refractivity contribution in [3.63, 3.8) is 0 Å². The normalized spacial score (nSPS) is 9.21. The van der Waals surface area contributed by atoms with Gasteiger partial charge in [0.05, 0.1) is 19.2 Å². The molecule has 1 aromatic rings. The third-order valence-corrected chi connectivity index (χ3v) is 2.17. The van der Waals surface area contributed by atoms with Crippen molar-refractivity contribution < 1.29 is 18.7 Å². The van der Waals surface area contributed by atoms with E-state index in [4.69, 9.17) is 5.73 Å². The van der Waals surface area contributed by atoms with Gasteiger partial charge >= 0.3 is 5.97 Å². The Labute approximate surface area is 109 Å². The lowest BCUT2D eigenvalue weighted by atomic mass is 10.1. The summed E-state index contributed by atoms with van der Waals surface area (Å²) in [6.07, 6.45) is 0. The van der Waals surface area contributed by atoms with Crippen LogP contribution in [0.4, 0.5) is 4.39 Å². The van der Waals surface area contributed by atoms with Gasteiger partial charge in [0.2, 0.25) is 0 Å². The number of amides is 1. The fourth-order valence-corrected chi connectivity index (χ4v) is 1.28. The van der Waals surface area contributed by atoms with Gasteiger partial charge in [-0.05, 0) is 18.2 Å². The molecule has 0 atom stereocenters. The number of nitrogens with one attached hydrogen (secondary N) is 1. The number of ether oxygens (including phenoxy) is 1. The lowest BCUT2D eigenvalue weighted by Crippen LogP contribution is -2.30. The van der Waals surface area contributed by atoms with E-state index in [-0.39, 0.29) is 24.2 Å². The van der Waals surface area contributed by atoms with Crippen LogP contribution in [-0.4, -0.2) is 32.1 Å². The molecule has 0 aromatic heterocycles. The van der Waals surface area contributed by atoms with Crippen molar-refractivity contribution in [1.29, 1.82) is 0 Å². The largest absolute Gasteiger partial charge is 0.468 e. The summed E-state index contributed by atoms with van der Waals surface area (Å²) in [4.78, 5) is 22.7. The molecule has 0 saturated heterocycles. The first-order chi connectivity index (χ1) is 9.08. The van der Waals surface area contributed by atoms with Gasteiger partial charge in [-0.1, -0.05) is 11.8 Å². The summed E-state index contributed by atoms with van der Waals surface area (Å²) in [6.45, 7) is -0.170. The first-order valence-electron chi connectivity index (χ1n) is 5.42. The lowest BCUT2D eigenvalue weighted by molar-refractivity contribution is -0.139. The number of halogens is 1. The highest BCUT2D eigenvalue weighted by atomic mass is 19.1. The van der Waals surface area contributed by atoms with Crippen LogP contribution in [0.2, 0.25) is 0 Å². The fraction of sp³-hybridized carbons (Fsp3) is 0.231. The lowest BCUT2D eigenvalue weighted by Gasteiger charge is -2.06. The van der Waals surface area contributed by atoms with Crippen LogP contribution in [0.25, 0.3) is 0 Å². The smallest absolute Gasteiger partial charge is 0.325 e. The van der Waals surface area contributed by atoms with E-state index in [1.165, 1.54) is 13.2 Å². The molecule has 0 unspecified atom stereocenters. The maximum atomic E-state index is 13.1. The number of methoxy groups -OCH3 is 1. The van der Waals surface area contributed by atoms with Gasteiger partial charge in [-0.2, -0.15) is 0 Å². The summed E-state index contributed by atoms with van der Waals surface area (Å²) in [5.74, 6) is 3.52. The summed E-state index contributed by atoms with van der Waals surface area (Å²) >= 11 is 0. The Bertz CT molecular complexity index is 547. The zero-order valence-corrected chi connectivity index (χ0v) is 10.3. The molecule has 1 aromatic carbocycles. The Morgan fingerprint density at radius 3 is 2.84 bits per heavy atom. The first kappa shape index (κ1) is 14.7. The highest BCUT2D eigenvalue weighted by molar-refractivity contribution is 5.98. The van der Waals surface area contributed by atoms with Crippen molar-refractivity contribution in [2.24, 2.45) is 5.73 Å². The standard InChI is InChI=1S/C13H13FN2O3/c1-19-12(17)8-16-13(18)11-5-4-10(14)7-9(11)3-2-6-15/h4-5,7H,6,8,15H2,1H3,(H,16,18). The van der Waals surface area contributed by atoms with E-state index in [9.17, 15) is 14.0 Å². The maximum absolute atomic E-state index is 13.1. The quantitative estimate of drug-likeness (QED) is 0.596. The van der Waals surface area contributed by atoms with Crippen molar-refractivity contribution in [3.05, 3.63) is 35.1 Å². The topological polar surface area (TPSA) is 81.4 Å². The zero-order valence-electron chi connectivity index (χ0n) is 10.3. The van der Waals surface area contributed by atoms with Crippen molar-refractivity contribution in [2.45, 2.75) is 0 Å². The van der Waals surface area contributed by atoms with Crippen LogP contribution < -0.4 is 11.1 Å². The van der Waals surface area contributed by atoms with E-state index in [1.807, 2.05) is 0 Å². The van der Waals surface area contributed by atoms with Gasteiger partial charge in [0, 0.05) is 5.56 Å². The molecule has 1 rings (SSSR count). The van der Waals surface area contributed by atoms with Gasteiger partial charge in [0.1, 0.15) is 12.4 Å². The predicted molar refractivity (Wildman–Crippen MR) is 66.7 cm³/mol. The average molecular weight is 264 g/mol. The number of esters is 1. The Morgan fingerprint density at radius 2 is 2.21 bits per heavy atom. The van der Waals surface area contributed by atoms with Crippen LogP contribution in [0.5, 0.6) is 0 Å². The van der Waals surface area contributed by atoms with Crippen LogP contribution >= 0.6 is 0 Å². The van der Waals surface area contributed by atoms with E-state index >= 15 is 0 Å². The SMILES string of the molecule is COC(=O)CNC(=O)c1ccc(F)cc1C#CCN. The Morgan fingerprint density at radius 1 is 1.47 bits per heavy atom. The predicted octanol–water partition coefficient (Wildman–Crippen LogP) is 0.0387. The van der Waals surface area contributed by atoms with Gasteiger partial charge in [0.15, 0.2) is 0 Å². The number of hydrogen-bond donors (Lipinski definition) is 2. The molecule has 100 valence electrons. The number of rotatable bonds is 3. The second kappa shape index (κ2) is 7.13.